The van der Waals surface area contributed by atoms with Crippen molar-refractivity contribution in [2.75, 3.05) is 26.4 Å². The summed E-state index contributed by atoms with van der Waals surface area (Å²) < 4.78 is 7.80. The number of hydrogen-bond donors (Lipinski definition) is 1. The predicted molar refractivity (Wildman–Crippen MR) is 101 cm³/mol. The van der Waals surface area contributed by atoms with Crippen LogP contribution in [0.15, 0.2) is 56.3 Å². The van der Waals surface area contributed by atoms with Gasteiger partial charge in [-0.3, -0.25) is 10.3 Å². The van der Waals surface area contributed by atoms with Crippen molar-refractivity contribution < 1.29 is 4.42 Å². The molecule has 4 rings (SSSR count). The molecule has 1 aromatic heterocycles. The van der Waals surface area contributed by atoms with E-state index in [0.29, 0.717) is 6.54 Å². The van der Waals surface area contributed by atoms with E-state index in [1.165, 1.54) is 11.1 Å². The van der Waals surface area contributed by atoms with Gasteiger partial charge in [-0.25, -0.2) is 9.30 Å². The first kappa shape index (κ1) is 16.3. The van der Waals surface area contributed by atoms with Crippen molar-refractivity contribution in [1.82, 2.24) is 19.5 Å². The maximum atomic E-state index is 5.45. The first-order valence-electron chi connectivity index (χ1n) is 8.33. The molecule has 0 bridgehead atoms. The van der Waals surface area contributed by atoms with Gasteiger partial charge in [-0.1, -0.05) is 18.0 Å². The molecule has 1 unspecified atom stereocenters. The SMILES string of the molecule is CSN1CC=C(C2=CN=C(N(C)Cc3ccco3)N3C=NNC23)CC1. The fourth-order valence-electron chi connectivity index (χ4n) is 3.29. The first-order chi connectivity index (χ1) is 12.3. The van der Waals surface area contributed by atoms with Gasteiger partial charge in [-0.15, -0.1) is 0 Å². The van der Waals surface area contributed by atoms with E-state index in [1.807, 2.05) is 31.7 Å². The third kappa shape index (κ3) is 3.19. The van der Waals surface area contributed by atoms with Gasteiger partial charge in [0.05, 0.1) is 12.8 Å². The minimum atomic E-state index is 0.0126. The van der Waals surface area contributed by atoms with Crippen molar-refractivity contribution in [3.63, 3.8) is 0 Å². The zero-order valence-electron chi connectivity index (χ0n) is 14.4. The summed E-state index contributed by atoms with van der Waals surface area (Å²) in [5.41, 5.74) is 5.77. The normalized spacial score (nSPS) is 22.9. The van der Waals surface area contributed by atoms with Crippen LogP contribution in [0.4, 0.5) is 0 Å². The second-order valence-electron chi connectivity index (χ2n) is 6.18. The lowest BCUT2D eigenvalue weighted by Crippen LogP contribution is -2.50. The molecule has 3 aliphatic heterocycles. The summed E-state index contributed by atoms with van der Waals surface area (Å²) in [4.78, 5) is 8.88. The standard InChI is InChI=1S/C17H22N6OS/c1-21(11-14-4-3-9-24-14)17-18-10-15(16-20-19-12-23(16)17)13-5-7-22(25-2)8-6-13/h3-5,9-10,12,16,20H,6-8,11H2,1-2H3. The zero-order valence-corrected chi connectivity index (χ0v) is 15.2. The molecule has 0 spiro atoms. The fraction of sp³-hybridized carbons (Fsp3) is 0.412. The molecular formula is C17H22N6OS. The Bertz CT molecular complexity index is 738. The molecule has 0 aromatic carbocycles. The lowest BCUT2D eigenvalue weighted by atomic mass is 9.97. The van der Waals surface area contributed by atoms with Crippen LogP contribution in [0.3, 0.4) is 0 Å². The molecule has 8 heteroatoms. The zero-order chi connectivity index (χ0) is 17.2. The van der Waals surface area contributed by atoms with Crippen LogP contribution < -0.4 is 5.43 Å². The van der Waals surface area contributed by atoms with Crippen molar-refractivity contribution in [1.29, 1.82) is 0 Å². The van der Waals surface area contributed by atoms with E-state index in [4.69, 9.17) is 9.41 Å². The average Bonchev–Trinajstić information content (AvgIpc) is 3.32. The highest BCUT2D eigenvalue weighted by Crippen LogP contribution is 2.29. The van der Waals surface area contributed by atoms with E-state index >= 15 is 0 Å². The number of nitrogens with zero attached hydrogens (tertiary/aromatic N) is 5. The van der Waals surface area contributed by atoms with Crippen LogP contribution >= 0.6 is 11.9 Å². The Hall–Kier alpha value is -2.19. The molecule has 25 heavy (non-hydrogen) atoms. The van der Waals surface area contributed by atoms with Crippen LogP contribution in [-0.2, 0) is 6.54 Å². The van der Waals surface area contributed by atoms with Crippen molar-refractivity contribution in [3.8, 4) is 0 Å². The molecule has 0 saturated heterocycles. The van der Waals surface area contributed by atoms with Gasteiger partial charge >= 0.3 is 0 Å². The summed E-state index contributed by atoms with van der Waals surface area (Å²) in [6.07, 6.45) is 11.0. The van der Waals surface area contributed by atoms with Gasteiger partial charge in [0.15, 0.2) is 6.17 Å². The van der Waals surface area contributed by atoms with Crippen molar-refractivity contribution >= 4 is 24.2 Å². The Labute approximate surface area is 151 Å². The average molecular weight is 358 g/mol. The number of nitrogens with one attached hydrogen (secondary N) is 1. The maximum Gasteiger partial charge on any atom is 0.208 e. The largest absolute Gasteiger partial charge is 0.467 e. The molecule has 1 N–H and O–H groups in total. The molecule has 1 aromatic rings. The Balaban J connectivity index is 1.56. The Morgan fingerprint density at radius 1 is 1.48 bits per heavy atom. The van der Waals surface area contributed by atoms with Gasteiger partial charge in [-0.2, -0.15) is 5.10 Å². The number of fused-ring (bicyclic) bond motifs is 1. The van der Waals surface area contributed by atoms with Gasteiger partial charge in [-0.05, 0) is 30.4 Å². The predicted octanol–water partition coefficient (Wildman–Crippen LogP) is 2.05. The van der Waals surface area contributed by atoms with Crippen LogP contribution in [0, 0.1) is 0 Å². The minimum absolute atomic E-state index is 0.0126. The highest BCUT2D eigenvalue weighted by atomic mass is 32.2. The molecule has 132 valence electrons. The lowest BCUT2D eigenvalue weighted by molar-refractivity contribution is 0.350. The van der Waals surface area contributed by atoms with Crippen LogP contribution in [0.1, 0.15) is 12.2 Å². The molecule has 0 saturated carbocycles. The van der Waals surface area contributed by atoms with Gasteiger partial charge in [0, 0.05) is 31.9 Å². The van der Waals surface area contributed by atoms with E-state index in [1.54, 1.807) is 18.2 Å². The van der Waals surface area contributed by atoms with Gasteiger partial charge in [0.25, 0.3) is 0 Å². The number of hydrogen-bond acceptors (Lipinski definition) is 8. The topological polar surface area (TPSA) is 59.6 Å². The molecular weight excluding hydrogens is 336 g/mol. The summed E-state index contributed by atoms with van der Waals surface area (Å²) in [5.74, 6) is 1.77. The van der Waals surface area contributed by atoms with Crippen molar-refractivity contribution in [2.24, 2.45) is 10.1 Å². The fourth-order valence-corrected chi connectivity index (χ4v) is 3.78. The summed E-state index contributed by atoms with van der Waals surface area (Å²) in [7, 11) is 2.01. The van der Waals surface area contributed by atoms with E-state index < -0.39 is 0 Å². The minimum Gasteiger partial charge on any atom is -0.467 e. The van der Waals surface area contributed by atoms with Crippen molar-refractivity contribution in [3.05, 3.63) is 47.6 Å². The Kier molecular flexibility index (Phi) is 4.54. The first-order valence-corrected chi connectivity index (χ1v) is 9.51. The summed E-state index contributed by atoms with van der Waals surface area (Å²) in [6.45, 7) is 2.70. The number of hydrazone groups is 1. The second-order valence-corrected chi connectivity index (χ2v) is 7.06. The highest BCUT2D eigenvalue weighted by molar-refractivity contribution is 7.96. The molecule has 0 radical (unpaired) electrons. The second kappa shape index (κ2) is 6.97. The Morgan fingerprint density at radius 2 is 2.40 bits per heavy atom. The lowest BCUT2D eigenvalue weighted by Gasteiger charge is -2.35. The Morgan fingerprint density at radius 3 is 3.12 bits per heavy atom. The quantitative estimate of drug-likeness (QED) is 0.832. The van der Waals surface area contributed by atoms with Crippen LogP contribution in [0.5, 0.6) is 0 Å². The number of aliphatic imine (C=N–C) groups is 1. The monoisotopic (exact) mass is 358 g/mol. The third-order valence-corrected chi connectivity index (χ3v) is 5.47. The smallest absolute Gasteiger partial charge is 0.208 e. The van der Waals surface area contributed by atoms with Gasteiger partial charge < -0.3 is 9.32 Å². The summed E-state index contributed by atoms with van der Waals surface area (Å²) >= 11 is 1.80. The van der Waals surface area contributed by atoms with Crippen LogP contribution in [-0.4, -0.2) is 59.0 Å². The van der Waals surface area contributed by atoms with Gasteiger partial charge in [0.1, 0.15) is 12.1 Å². The molecule has 0 fully saturated rings. The molecule has 3 aliphatic rings. The maximum absolute atomic E-state index is 5.45. The molecule has 7 nitrogen and oxygen atoms in total. The number of rotatable bonds is 4. The molecule has 1 atom stereocenters. The molecule has 4 heterocycles. The summed E-state index contributed by atoms with van der Waals surface area (Å²) in [5, 5.41) is 4.27. The summed E-state index contributed by atoms with van der Waals surface area (Å²) in [6, 6.07) is 3.87. The molecule has 0 aliphatic carbocycles. The highest BCUT2D eigenvalue weighted by Gasteiger charge is 2.34. The van der Waals surface area contributed by atoms with Crippen molar-refractivity contribution in [2.45, 2.75) is 19.1 Å². The van der Waals surface area contributed by atoms with Crippen LogP contribution in [0.2, 0.25) is 0 Å². The van der Waals surface area contributed by atoms with Gasteiger partial charge in [0.2, 0.25) is 5.96 Å². The molecule has 0 amide bonds. The van der Waals surface area contributed by atoms with E-state index in [9.17, 15) is 0 Å². The van der Waals surface area contributed by atoms with E-state index in [-0.39, 0.29) is 6.17 Å². The third-order valence-electron chi connectivity index (χ3n) is 4.62. The van der Waals surface area contributed by atoms with Crippen LogP contribution in [0.25, 0.3) is 0 Å². The number of guanidine groups is 1. The van der Waals surface area contributed by atoms with E-state index in [0.717, 1.165) is 31.2 Å². The van der Waals surface area contributed by atoms with E-state index in [2.05, 4.69) is 37.0 Å². The number of furan rings is 1.